The predicted molar refractivity (Wildman–Crippen MR) is 93.9 cm³/mol. The van der Waals surface area contributed by atoms with Gasteiger partial charge in [-0.3, -0.25) is 0 Å². The molecule has 3 aromatic rings. The molecule has 0 bridgehead atoms. The smallest absolute Gasteiger partial charge is 0.0837 e. The Morgan fingerprint density at radius 2 is 1.81 bits per heavy atom. The van der Waals surface area contributed by atoms with Crippen molar-refractivity contribution in [2.45, 2.75) is 16.3 Å². The van der Waals surface area contributed by atoms with Crippen LogP contribution in [-0.2, 0) is 13.5 Å². The van der Waals surface area contributed by atoms with Gasteiger partial charge in [0.2, 0.25) is 0 Å². The second-order valence-corrected chi connectivity index (χ2v) is 6.93. The van der Waals surface area contributed by atoms with Crippen LogP contribution in [-0.4, -0.2) is 11.1 Å². The van der Waals surface area contributed by atoms with E-state index in [0.29, 0.717) is 6.54 Å². The Bertz CT molecular complexity index is 762. The van der Waals surface area contributed by atoms with E-state index in [9.17, 15) is 0 Å². The molecule has 3 rings (SSSR count). The van der Waals surface area contributed by atoms with E-state index in [4.69, 9.17) is 5.73 Å². The molecule has 0 amide bonds. The van der Waals surface area contributed by atoms with Gasteiger partial charge in [0.25, 0.3) is 0 Å². The minimum atomic E-state index is 0.669. The molecule has 4 heteroatoms. The summed E-state index contributed by atoms with van der Waals surface area (Å²) >= 11 is 5.28. The molecule has 0 fully saturated rings. The van der Waals surface area contributed by atoms with E-state index in [1.54, 1.807) is 11.8 Å². The first-order valence-corrected chi connectivity index (χ1v) is 8.51. The third-order valence-corrected chi connectivity index (χ3v) is 5.33. The van der Waals surface area contributed by atoms with E-state index in [0.717, 1.165) is 10.9 Å². The van der Waals surface area contributed by atoms with Crippen molar-refractivity contribution in [3.8, 4) is 0 Å². The second-order valence-electron chi connectivity index (χ2n) is 4.95. The van der Waals surface area contributed by atoms with Gasteiger partial charge in [-0.1, -0.05) is 45.9 Å². The largest absolute Gasteiger partial charge is 0.338 e. The maximum Gasteiger partial charge on any atom is 0.0837 e. The van der Waals surface area contributed by atoms with Crippen molar-refractivity contribution >= 4 is 38.6 Å². The van der Waals surface area contributed by atoms with Gasteiger partial charge in [-0.25, -0.2) is 0 Å². The van der Waals surface area contributed by atoms with Crippen LogP contribution in [0.3, 0.4) is 0 Å². The number of nitrogens with zero attached hydrogens (tertiary/aromatic N) is 1. The van der Waals surface area contributed by atoms with Crippen LogP contribution in [0.15, 0.2) is 62.9 Å². The summed E-state index contributed by atoms with van der Waals surface area (Å²) in [4.78, 5) is 1.24. The average Bonchev–Trinajstić information content (AvgIpc) is 2.76. The standard InChI is InChI=1S/C17H17BrN2S/c1-20-16-5-3-2-4-14(16)15(10-11-19)17(20)21-13-8-6-12(18)7-9-13/h2-9H,10-11,19H2,1H3. The fourth-order valence-electron chi connectivity index (χ4n) is 2.58. The number of nitrogens with two attached hydrogens (primary N) is 1. The summed E-state index contributed by atoms with van der Waals surface area (Å²) in [6, 6.07) is 17.0. The Morgan fingerprint density at radius 3 is 2.52 bits per heavy atom. The third-order valence-electron chi connectivity index (χ3n) is 3.58. The lowest BCUT2D eigenvalue weighted by molar-refractivity contribution is 0.826. The summed E-state index contributed by atoms with van der Waals surface area (Å²) in [6.07, 6.45) is 0.903. The predicted octanol–water partition coefficient (Wildman–Crippen LogP) is 4.59. The van der Waals surface area contributed by atoms with Crippen LogP contribution < -0.4 is 5.73 Å². The van der Waals surface area contributed by atoms with Gasteiger partial charge >= 0.3 is 0 Å². The highest BCUT2D eigenvalue weighted by atomic mass is 79.9. The van der Waals surface area contributed by atoms with E-state index in [2.05, 4.69) is 76.1 Å². The van der Waals surface area contributed by atoms with Crippen molar-refractivity contribution in [2.24, 2.45) is 12.8 Å². The number of hydrogen-bond acceptors (Lipinski definition) is 2. The van der Waals surface area contributed by atoms with Gasteiger partial charge in [-0.05, 0) is 48.9 Å². The van der Waals surface area contributed by atoms with E-state index in [1.807, 2.05) is 0 Å². The van der Waals surface area contributed by atoms with Gasteiger partial charge in [0.05, 0.1) is 5.03 Å². The molecular weight excluding hydrogens is 344 g/mol. The molecule has 1 aromatic heterocycles. The number of hydrogen-bond donors (Lipinski definition) is 1. The van der Waals surface area contributed by atoms with Gasteiger partial charge in [0.15, 0.2) is 0 Å². The maximum absolute atomic E-state index is 5.82. The molecule has 0 aliphatic rings. The molecule has 0 saturated carbocycles. The Morgan fingerprint density at radius 1 is 1.10 bits per heavy atom. The number of rotatable bonds is 4. The number of fused-ring (bicyclic) bond motifs is 1. The minimum Gasteiger partial charge on any atom is -0.338 e. The minimum absolute atomic E-state index is 0.669. The number of aromatic nitrogens is 1. The monoisotopic (exact) mass is 360 g/mol. The van der Waals surface area contributed by atoms with E-state index in [-0.39, 0.29) is 0 Å². The van der Waals surface area contributed by atoms with Crippen molar-refractivity contribution in [3.05, 3.63) is 58.6 Å². The van der Waals surface area contributed by atoms with E-state index >= 15 is 0 Å². The van der Waals surface area contributed by atoms with Gasteiger partial charge in [-0.2, -0.15) is 0 Å². The first kappa shape index (κ1) is 14.7. The summed E-state index contributed by atoms with van der Waals surface area (Å²) in [5.74, 6) is 0. The zero-order valence-electron chi connectivity index (χ0n) is 11.8. The number of benzene rings is 2. The molecule has 0 unspecified atom stereocenters. The van der Waals surface area contributed by atoms with Crippen molar-refractivity contribution in [1.82, 2.24) is 4.57 Å². The van der Waals surface area contributed by atoms with E-state index in [1.165, 1.54) is 26.4 Å². The van der Waals surface area contributed by atoms with Crippen LogP contribution in [0.1, 0.15) is 5.56 Å². The highest BCUT2D eigenvalue weighted by molar-refractivity contribution is 9.10. The van der Waals surface area contributed by atoms with Crippen LogP contribution >= 0.6 is 27.7 Å². The molecule has 21 heavy (non-hydrogen) atoms. The summed E-state index contributed by atoms with van der Waals surface area (Å²) in [7, 11) is 2.13. The SMILES string of the molecule is Cn1c(Sc2ccc(Br)cc2)c(CCN)c2ccccc21. The molecule has 2 nitrogen and oxygen atoms in total. The van der Waals surface area contributed by atoms with Gasteiger partial charge < -0.3 is 10.3 Å². The molecule has 0 radical (unpaired) electrons. The highest BCUT2D eigenvalue weighted by Gasteiger charge is 2.15. The second kappa shape index (κ2) is 6.26. The molecule has 108 valence electrons. The van der Waals surface area contributed by atoms with Gasteiger partial charge in [-0.15, -0.1) is 0 Å². The highest BCUT2D eigenvalue weighted by Crippen LogP contribution is 2.37. The normalized spacial score (nSPS) is 11.2. The fourth-order valence-corrected chi connectivity index (χ4v) is 3.91. The average molecular weight is 361 g/mol. The number of aryl methyl sites for hydroxylation is 1. The lowest BCUT2D eigenvalue weighted by Crippen LogP contribution is -2.03. The zero-order valence-corrected chi connectivity index (χ0v) is 14.2. The molecule has 2 N–H and O–H groups in total. The fraction of sp³-hybridized carbons (Fsp3) is 0.176. The third kappa shape index (κ3) is 2.89. The van der Waals surface area contributed by atoms with Crippen LogP contribution in [0, 0.1) is 0 Å². The summed E-state index contributed by atoms with van der Waals surface area (Å²) in [5.41, 5.74) is 8.43. The lowest BCUT2D eigenvalue weighted by Gasteiger charge is -2.07. The lowest BCUT2D eigenvalue weighted by atomic mass is 10.1. The molecule has 0 saturated heterocycles. The molecule has 2 aromatic carbocycles. The summed E-state index contributed by atoms with van der Waals surface area (Å²) in [6.45, 7) is 0.669. The molecule has 0 atom stereocenters. The Labute approximate surface area is 137 Å². The zero-order chi connectivity index (χ0) is 14.8. The Kier molecular flexibility index (Phi) is 4.38. The first-order valence-electron chi connectivity index (χ1n) is 6.90. The molecule has 1 heterocycles. The molecular formula is C17H17BrN2S. The van der Waals surface area contributed by atoms with Crippen molar-refractivity contribution < 1.29 is 0 Å². The van der Waals surface area contributed by atoms with Crippen LogP contribution in [0.4, 0.5) is 0 Å². The topological polar surface area (TPSA) is 30.9 Å². The quantitative estimate of drug-likeness (QED) is 0.737. The Balaban J connectivity index is 2.09. The van der Waals surface area contributed by atoms with E-state index < -0.39 is 0 Å². The number of halogens is 1. The molecule has 0 aliphatic heterocycles. The van der Waals surface area contributed by atoms with Crippen LogP contribution in [0.2, 0.25) is 0 Å². The van der Waals surface area contributed by atoms with Crippen molar-refractivity contribution in [1.29, 1.82) is 0 Å². The molecule has 0 spiro atoms. The van der Waals surface area contributed by atoms with Gasteiger partial charge in [0, 0.05) is 27.3 Å². The first-order chi connectivity index (χ1) is 10.2. The summed E-state index contributed by atoms with van der Waals surface area (Å²) < 4.78 is 3.37. The number of para-hydroxylation sites is 1. The Hall–Kier alpha value is -1.23. The molecule has 0 aliphatic carbocycles. The van der Waals surface area contributed by atoms with Crippen LogP contribution in [0.5, 0.6) is 0 Å². The van der Waals surface area contributed by atoms with Crippen molar-refractivity contribution in [2.75, 3.05) is 6.54 Å². The van der Waals surface area contributed by atoms with Crippen LogP contribution in [0.25, 0.3) is 10.9 Å². The van der Waals surface area contributed by atoms with Gasteiger partial charge in [0.1, 0.15) is 0 Å². The summed E-state index contributed by atoms with van der Waals surface area (Å²) in [5, 5.41) is 2.59. The maximum atomic E-state index is 5.82. The van der Waals surface area contributed by atoms with Crippen molar-refractivity contribution in [3.63, 3.8) is 0 Å².